The van der Waals surface area contributed by atoms with E-state index in [0.717, 1.165) is 0 Å². The lowest BCUT2D eigenvalue weighted by Crippen LogP contribution is -2.31. The molecule has 2 heteroatoms. The van der Waals surface area contributed by atoms with Crippen LogP contribution in [-0.4, -0.2) is 49.1 Å². The predicted molar refractivity (Wildman–Crippen MR) is 137 cm³/mol. The van der Waals surface area contributed by atoms with Crippen molar-refractivity contribution >= 4 is 0 Å². The van der Waals surface area contributed by atoms with Crippen molar-refractivity contribution in [3.8, 4) is 0 Å². The maximum atomic E-state index is 2.73. The summed E-state index contributed by atoms with van der Waals surface area (Å²) in [7, 11) is 0. The molecule has 3 rings (SSSR count). The molecule has 0 aromatic heterocycles. The van der Waals surface area contributed by atoms with E-state index in [4.69, 9.17) is 0 Å². The van der Waals surface area contributed by atoms with Crippen LogP contribution in [0.5, 0.6) is 0 Å². The van der Waals surface area contributed by atoms with Gasteiger partial charge in [-0.25, -0.2) is 0 Å². The van der Waals surface area contributed by atoms with E-state index in [0.29, 0.717) is 0 Å². The standard InChI is InChI=1S/C29H52N2/c1-2-6-10-14-22-30-24-17-21-29(27-30)19-13-9-5-3-7-11-15-23-31-25-16-20-28(26-31)18-12-8-4-1/h20-21H,1-19,22-27H2. The molecule has 1 saturated heterocycles. The van der Waals surface area contributed by atoms with Crippen molar-refractivity contribution in [3.63, 3.8) is 0 Å². The molecule has 0 saturated carbocycles. The van der Waals surface area contributed by atoms with Crippen LogP contribution in [0.4, 0.5) is 0 Å². The molecular formula is C29H52N2. The lowest BCUT2D eigenvalue weighted by atomic mass is 10.0. The van der Waals surface area contributed by atoms with Gasteiger partial charge < -0.3 is 0 Å². The fourth-order valence-corrected chi connectivity index (χ4v) is 5.83. The molecule has 2 unspecified atom stereocenters. The maximum Gasteiger partial charge on any atom is 0.0192 e. The van der Waals surface area contributed by atoms with Gasteiger partial charge in [0.2, 0.25) is 0 Å². The van der Waals surface area contributed by atoms with Crippen LogP contribution < -0.4 is 0 Å². The van der Waals surface area contributed by atoms with E-state index < -0.39 is 0 Å². The van der Waals surface area contributed by atoms with Crippen molar-refractivity contribution in [1.82, 2.24) is 9.80 Å². The quantitative estimate of drug-likeness (QED) is 0.362. The fourth-order valence-electron chi connectivity index (χ4n) is 5.83. The third-order valence-electron chi connectivity index (χ3n) is 7.80. The smallest absolute Gasteiger partial charge is 0.0192 e. The van der Waals surface area contributed by atoms with Crippen LogP contribution >= 0.6 is 0 Å². The van der Waals surface area contributed by atoms with Crippen molar-refractivity contribution in [2.45, 2.75) is 122 Å². The summed E-state index contributed by atoms with van der Waals surface area (Å²) in [5.41, 5.74) is 3.49. The molecule has 0 N–H and O–H groups in total. The number of nitrogens with zero attached hydrogens (tertiary/aromatic N) is 2. The Bertz CT molecular complexity index is 521. The zero-order chi connectivity index (χ0) is 21.4. The number of hydrogen-bond acceptors (Lipinski definition) is 2. The third-order valence-corrected chi connectivity index (χ3v) is 7.80. The summed E-state index contributed by atoms with van der Waals surface area (Å²) in [6.07, 6.45) is 32.1. The topological polar surface area (TPSA) is 6.48 Å². The summed E-state index contributed by atoms with van der Waals surface area (Å²) in [6.45, 7) is 7.82. The SMILES string of the molecule is C1=C2CCCCCCCCCN3CCC=C(CCCCCCCCCCN(CC1)C2)C3. The molecule has 0 aliphatic carbocycles. The van der Waals surface area contributed by atoms with Crippen LogP contribution in [0.1, 0.15) is 122 Å². The Labute approximate surface area is 194 Å². The molecule has 0 spiro atoms. The molecule has 1 fully saturated rings. The third kappa shape index (κ3) is 11.2. The molecule has 3 aliphatic heterocycles. The largest absolute Gasteiger partial charge is 0.299 e. The van der Waals surface area contributed by atoms with Crippen molar-refractivity contribution in [3.05, 3.63) is 23.3 Å². The van der Waals surface area contributed by atoms with Gasteiger partial charge >= 0.3 is 0 Å². The second-order valence-corrected chi connectivity index (χ2v) is 10.7. The van der Waals surface area contributed by atoms with Gasteiger partial charge in [-0.05, 0) is 64.5 Å². The summed E-state index contributed by atoms with van der Waals surface area (Å²) in [4.78, 5) is 5.47. The summed E-state index contributed by atoms with van der Waals surface area (Å²) >= 11 is 0. The Morgan fingerprint density at radius 3 is 1.16 bits per heavy atom. The normalized spacial score (nSPS) is 29.7. The molecule has 2 atom stereocenters. The highest BCUT2D eigenvalue weighted by atomic mass is 15.1. The van der Waals surface area contributed by atoms with Crippen LogP contribution in [0.15, 0.2) is 23.3 Å². The van der Waals surface area contributed by atoms with Crippen LogP contribution in [0.3, 0.4) is 0 Å². The van der Waals surface area contributed by atoms with E-state index in [-0.39, 0.29) is 0 Å². The van der Waals surface area contributed by atoms with Gasteiger partial charge in [-0.2, -0.15) is 0 Å². The Morgan fingerprint density at radius 2 is 0.742 bits per heavy atom. The summed E-state index contributed by atoms with van der Waals surface area (Å²) in [5.74, 6) is 0. The minimum absolute atomic E-state index is 1.27. The molecule has 31 heavy (non-hydrogen) atoms. The van der Waals surface area contributed by atoms with Crippen molar-refractivity contribution in [2.24, 2.45) is 0 Å². The van der Waals surface area contributed by atoms with Gasteiger partial charge in [-0.15, -0.1) is 0 Å². The van der Waals surface area contributed by atoms with Crippen LogP contribution in [-0.2, 0) is 0 Å². The average Bonchev–Trinajstić information content (AvgIpc) is 2.79. The molecule has 3 heterocycles. The maximum absolute atomic E-state index is 2.73. The molecule has 4 bridgehead atoms. The van der Waals surface area contributed by atoms with Gasteiger partial charge in [0, 0.05) is 26.2 Å². The summed E-state index contributed by atoms with van der Waals surface area (Å²) in [5, 5.41) is 0. The first-order valence-electron chi connectivity index (χ1n) is 14.2. The second-order valence-electron chi connectivity index (χ2n) is 10.7. The van der Waals surface area contributed by atoms with Gasteiger partial charge in [0.05, 0.1) is 0 Å². The zero-order valence-electron chi connectivity index (χ0n) is 20.7. The van der Waals surface area contributed by atoms with Crippen molar-refractivity contribution in [1.29, 1.82) is 0 Å². The fraction of sp³-hybridized carbons (Fsp3) is 0.862. The first kappa shape index (κ1) is 25.0. The highest BCUT2D eigenvalue weighted by Gasteiger charge is 2.13. The van der Waals surface area contributed by atoms with E-state index >= 15 is 0 Å². The Kier molecular flexibility index (Phi) is 13.0. The van der Waals surface area contributed by atoms with E-state index in [1.54, 1.807) is 11.1 Å². The van der Waals surface area contributed by atoms with Gasteiger partial charge in [0.15, 0.2) is 0 Å². The molecule has 2 nitrogen and oxygen atoms in total. The van der Waals surface area contributed by atoms with Crippen LogP contribution in [0, 0.1) is 0 Å². The van der Waals surface area contributed by atoms with E-state index in [2.05, 4.69) is 22.0 Å². The Morgan fingerprint density at radius 1 is 0.387 bits per heavy atom. The van der Waals surface area contributed by atoms with E-state index in [9.17, 15) is 0 Å². The lowest BCUT2D eigenvalue weighted by Gasteiger charge is -2.27. The molecular weight excluding hydrogens is 376 g/mol. The Balaban J connectivity index is 1.36. The monoisotopic (exact) mass is 428 g/mol. The van der Waals surface area contributed by atoms with Gasteiger partial charge in [0.25, 0.3) is 0 Å². The number of fused-ring (bicyclic) bond motifs is 4. The molecule has 178 valence electrons. The van der Waals surface area contributed by atoms with E-state index in [1.165, 1.54) is 161 Å². The lowest BCUT2D eigenvalue weighted by molar-refractivity contribution is 0.278. The highest BCUT2D eigenvalue weighted by molar-refractivity contribution is 5.08. The predicted octanol–water partition coefficient (Wildman–Crippen LogP) is 7.90. The summed E-state index contributed by atoms with van der Waals surface area (Å²) in [6, 6.07) is 0. The Hall–Kier alpha value is -0.600. The van der Waals surface area contributed by atoms with Gasteiger partial charge in [-0.3, -0.25) is 9.80 Å². The molecule has 3 aliphatic rings. The minimum atomic E-state index is 1.27. The summed E-state index contributed by atoms with van der Waals surface area (Å²) < 4.78 is 0. The van der Waals surface area contributed by atoms with Gasteiger partial charge in [-0.1, -0.05) is 93.9 Å². The minimum Gasteiger partial charge on any atom is -0.299 e. The van der Waals surface area contributed by atoms with Crippen LogP contribution in [0.25, 0.3) is 0 Å². The molecule has 0 aromatic rings. The highest BCUT2D eigenvalue weighted by Crippen LogP contribution is 2.20. The van der Waals surface area contributed by atoms with Crippen molar-refractivity contribution < 1.29 is 0 Å². The van der Waals surface area contributed by atoms with Crippen LogP contribution in [0.2, 0.25) is 0 Å². The second kappa shape index (κ2) is 16.1. The first-order chi connectivity index (χ1) is 15.4. The zero-order valence-corrected chi connectivity index (χ0v) is 20.7. The molecule has 0 aromatic carbocycles. The van der Waals surface area contributed by atoms with E-state index in [1.807, 2.05) is 0 Å². The number of hydrogen-bond donors (Lipinski definition) is 0. The molecule has 0 amide bonds. The average molecular weight is 429 g/mol. The number of rotatable bonds is 0. The molecule has 0 radical (unpaired) electrons. The van der Waals surface area contributed by atoms with Gasteiger partial charge in [0.1, 0.15) is 0 Å². The first-order valence-corrected chi connectivity index (χ1v) is 14.2. The van der Waals surface area contributed by atoms with Crippen molar-refractivity contribution in [2.75, 3.05) is 39.3 Å².